The van der Waals surface area contributed by atoms with Crippen molar-refractivity contribution in [1.82, 2.24) is 5.32 Å². The molecule has 0 radical (unpaired) electrons. The van der Waals surface area contributed by atoms with E-state index >= 15 is 0 Å². The van der Waals surface area contributed by atoms with Gasteiger partial charge in [0.2, 0.25) is 0 Å². The molecule has 3 N–H and O–H groups in total. The summed E-state index contributed by atoms with van der Waals surface area (Å²) in [4.78, 5) is 0. The van der Waals surface area contributed by atoms with Crippen molar-refractivity contribution in [3.05, 3.63) is 35.4 Å². The van der Waals surface area contributed by atoms with E-state index in [2.05, 4.69) is 36.5 Å². The smallest absolute Gasteiger partial charge is 0.0439 e. The van der Waals surface area contributed by atoms with Crippen LogP contribution in [0.1, 0.15) is 24.0 Å². The Labute approximate surface area is 85.5 Å². The van der Waals surface area contributed by atoms with Gasteiger partial charge in [-0.1, -0.05) is 24.3 Å². The summed E-state index contributed by atoms with van der Waals surface area (Å²) < 4.78 is 0. The summed E-state index contributed by atoms with van der Waals surface area (Å²) in [5.41, 5.74) is 8.61. The molecule has 14 heavy (non-hydrogen) atoms. The van der Waals surface area contributed by atoms with Crippen molar-refractivity contribution in [2.24, 2.45) is 5.73 Å². The molecular weight excluding hydrogens is 172 g/mol. The van der Waals surface area contributed by atoms with E-state index in [1.54, 1.807) is 0 Å². The van der Waals surface area contributed by atoms with Gasteiger partial charge in [-0.2, -0.15) is 0 Å². The van der Waals surface area contributed by atoms with E-state index in [1.165, 1.54) is 24.0 Å². The SMILES string of the molecule is Cc1ccccc1C1(NCCN)CC1. The third-order valence-electron chi connectivity index (χ3n) is 3.02. The van der Waals surface area contributed by atoms with Gasteiger partial charge in [0, 0.05) is 18.6 Å². The molecule has 0 amide bonds. The zero-order valence-electron chi connectivity index (χ0n) is 8.72. The Kier molecular flexibility index (Phi) is 2.57. The van der Waals surface area contributed by atoms with Gasteiger partial charge in [-0.25, -0.2) is 0 Å². The molecule has 2 rings (SSSR count). The summed E-state index contributed by atoms with van der Waals surface area (Å²) >= 11 is 0. The maximum absolute atomic E-state index is 5.52. The second kappa shape index (κ2) is 3.71. The van der Waals surface area contributed by atoms with E-state index in [9.17, 15) is 0 Å². The zero-order valence-corrected chi connectivity index (χ0v) is 8.72. The first-order valence-electron chi connectivity index (χ1n) is 5.30. The van der Waals surface area contributed by atoms with Gasteiger partial charge in [-0.05, 0) is 30.9 Å². The highest BCUT2D eigenvalue weighted by Gasteiger charge is 2.44. The molecule has 76 valence electrons. The maximum Gasteiger partial charge on any atom is 0.0439 e. The fraction of sp³-hybridized carbons (Fsp3) is 0.500. The summed E-state index contributed by atoms with van der Waals surface area (Å²) in [6.07, 6.45) is 2.50. The normalized spacial score (nSPS) is 18.1. The van der Waals surface area contributed by atoms with E-state index in [0.29, 0.717) is 6.54 Å². The van der Waals surface area contributed by atoms with E-state index in [4.69, 9.17) is 5.73 Å². The van der Waals surface area contributed by atoms with Crippen LogP contribution in [0, 0.1) is 6.92 Å². The number of benzene rings is 1. The van der Waals surface area contributed by atoms with Gasteiger partial charge >= 0.3 is 0 Å². The zero-order chi connectivity index (χ0) is 10.0. The van der Waals surface area contributed by atoms with Crippen LogP contribution in [0.2, 0.25) is 0 Å². The molecule has 2 nitrogen and oxygen atoms in total. The second-order valence-electron chi connectivity index (χ2n) is 4.11. The highest BCUT2D eigenvalue weighted by molar-refractivity contribution is 5.36. The van der Waals surface area contributed by atoms with Crippen LogP contribution in [0.3, 0.4) is 0 Å². The van der Waals surface area contributed by atoms with Crippen LogP contribution in [-0.4, -0.2) is 13.1 Å². The van der Waals surface area contributed by atoms with E-state index in [1.807, 2.05) is 0 Å². The van der Waals surface area contributed by atoms with Gasteiger partial charge in [-0.3, -0.25) is 0 Å². The summed E-state index contributed by atoms with van der Waals surface area (Å²) in [5, 5.41) is 3.55. The average molecular weight is 190 g/mol. The van der Waals surface area contributed by atoms with E-state index < -0.39 is 0 Å². The Balaban J connectivity index is 2.18. The third-order valence-corrected chi connectivity index (χ3v) is 3.02. The van der Waals surface area contributed by atoms with Crippen LogP contribution in [0.15, 0.2) is 24.3 Å². The summed E-state index contributed by atoms with van der Waals surface area (Å²) in [5.74, 6) is 0. The van der Waals surface area contributed by atoms with Crippen molar-refractivity contribution in [2.45, 2.75) is 25.3 Å². The summed E-state index contributed by atoms with van der Waals surface area (Å²) in [6.45, 7) is 3.81. The summed E-state index contributed by atoms with van der Waals surface area (Å²) in [7, 11) is 0. The third kappa shape index (κ3) is 1.68. The fourth-order valence-electron chi connectivity index (χ4n) is 2.09. The molecule has 0 aromatic heterocycles. The lowest BCUT2D eigenvalue weighted by atomic mass is 9.99. The Morgan fingerprint density at radius 3 is 2.64 bits per heavy atom. The van der Waals surface area contributed by atoms with Crippen LogP contribution in [-0.2, 0) is 5.54 Å². The van der Waals surface area contributed by atoms with Crippen molar-refractivity contribution in [3.63, 3.8) is 0 Å². The Bertz CT molecular complexity index is 316. The van der Waals surface area contributed by atoms with Crippen molar-refractivity contribution in [2.75, 3.05) is 13.1 Å². The molecule has 0 unspecified atom stereocenters. The number of hydrogen-bond donors (Lipinski definition) is 2. The van der Waals surface area contributed by atoms with Gasteiger partial charge in [0.1, 0.15) is 0 Å². The minimum atomic E-state index is 0.255. The average Bonchev–Trinajstić information content (AvgIpc) is 2.97. The van der Waals surface area contributed by atoms with E-state index in [-0.39, 0.29) is 5.54 Å². The molecule has 0 heterocycles. The number of rotatable bonds is 4. The van der Waals surface area contributed by atoms with Gasteiger partial charge < -0.3 is 11.1 Å². The first-order chi connectivity index (χ1) is 6.78. The molecule has 1 aromatic rings. The van der Waals surface area contributed by atoms with Gasteiger partial charge in [-0.15, -0.1) is 0 Å². The molecule has 1 aliphatic rings. The van der Waals surface area contributed by atoms with Crippen molar-refractivity contribution in [3.8, 4) is 0 Å². The highest BCUT2D eigenvalue weighted by atomic mass is 15.0. The lowest BCUT2D eigenvalue weighted by Crippen LogP contribution is -2.33. The first kappa shape index (κ1) is 9.69. The molecule has 1 aliphatic carbocycles. The standard InChI is InChI=1S/C12H18N2/c1-10-4-2-3-5-11(10)12(6-7-12)14-9-8-13/h2-5,14H,6-9,13H2,1H3. The molecule has 0 spiro atoms. The molecule has 1 saturated carbocycles. The number of hydrogen-bond acceptors (Lipinski definition) is 2. The minimum absolute atomic E-state index is 0.255. The lowest BCUT2D eigenvalue weighted by molar-refractivity contribution is 0.525. The number of aryl methyl sites for hydroxylation is 1. The molecule has 0 bridgehead atoms. The fourth-order valence-corrected chi connectivity index (χ4v) is 2.09. The summed E-state index contributed by atoms with van der Waals surface area (Å²) in [6, 6.07) is 8.62. The van der Waals surface area contributed by atoms with Crippen LogP contribution >= 0.6 is 0 Å². The Morgan fingerprint density at radius 1 is 1.36 bits per heavy atom. The molecule has 0 aliphatic heterocycles. The number of nitrogens with two attached hydrogens (primary N) is 1. The lowest BCUT2D eigenvalue weighted by Gasteiger charge is -2.19. The quantitative estimate of drug-likeness (QED) is 0.755. The Hall–Kier alpha value is -0.860. The van der Waals surface area contributed by atoms with Crippen LogP contribution in [0.4, 0.5) is 0 Å². The molecule has 1 aromatic carbocycles. The van der Waals surface area contributed by atoms with Crippen LogP contribution in [0.5, 0.6) is 0 Å². The largest absolute Gasteiger partial charge is 0.329 e. The van der Waals surface area contributed by atoms with Crippen LogP contribution in [0.25, 0.3) is 0 Å². The van der Waals surface area contributed by atoms with Crippen molar-refractivity contribution >= 4 is 0 Å². The monoisotopic (exact) mass is 190 g/mol. The van der Waals surface area contributed by atoms with Crippen LogP contribution < -0.4 is 11.1 Å². The predicted octanol–water partition coefficient (Wildman–Crippen LogP) is 1.53. The first-order valence-corrected chi connectivity index (χ1v) is 5.30. The van der Waals surface area contributed by atoms with Crippen molar-refractivity contribution < 1.29 is 0 Å². The van der Waals surface area contributed by atoms with Gasteiger partial charge in [0.05, 0.1) is 0 Å². The van der Waals surface area contributed by atoms with Gasteiger partial charge in [0.15, 0.2) is 0 Å². The Morgan fingerprint density at radius 2 is 2.07 bits per heavy atom. The molecule has 2 heteroatoms. The molecular formula is C12H18N2. The van der Waals surface area contributed by atoms with Crippen molar-refractivity contribution in [1.29, 1.82) is 0 Å². The second-order valence-corrected chi connectivity index (χ2v) is 4.11. The predicted molar refractivity (Wildman–Crippen MR) is 59.1 cm³/mol. The van der Waals surface area contributed by atoms with E-state index in [0.717, 1.165) is 6.54 Å². The molecule has 0 atom stereocenters. The number of nitrogens with one attached hydrogen (secondary N) is 1. The molecule has 1 fully saturated rings. The highest BCUT2D eigenvalue weighted by Crippen LogP contribution is 2.46. The molecule has 0 saturated heterocycles. The van der Waals surface area contributed by atoms with Gasteiger partial charge in [0.25, 0.3) is 0 Å². The minimum Gasteiger partial charge on any atom is -0.329 e. The maximum atomic E-state index is 5.52. The topological polar surface area (TPSA) is 38.0 Å².